The van der Waals surface area contributed by atoms with Crippen molar-refractivity contribution < 1.29 is 42.8 Å². The normalized spacial score (nSPS) is 10.5. The van der Waals surface area contributed by atoms with E-state index in [1.165, 1.54) is 0 Å². The summed E-state index contributed by atoms with van der Waals surface area (Å²) in [5.41, 5.74) is 5.74. The van der Waals surface area contributed by atoms with Crippen molar-refractivity contribution in [1.82, 2.24) is 0 Å². The van der Waals surface area contributed by atoms with E-state index in [2.05, 4.69) is 44.0 Å². The molecule has 0 N–H and O–H groups in total. The van der Waals surface area contributed by atoms with E-state index in [0.717, 1.165) is 62.4 Å². The number of benzene rings is 5. The van der Waals surface area contributed by atoms with E-state index in [-0.39, 0.29) is 39.6 Å². The maximum Gasteiger partial charge on any atom is 0.330 e. The number of hydrogen-bond acceptors (Lipinski definition) is 9. The van der Waals surface area contributed by atoms with Crippen LogP contribution < -0.4 is 14.2 Å². The molecular formula is C43H38O9. The number of ether oxygens (including phenoxy) is 6. The van der Waals surface area contributed by atoms with Gasteiger partial charge in [-0.1, -0.05) is 74.3 Å². The smallest absolute Gasteiger partial charge is 0.330 e. The summed E-state index contributed by atoms with van der Waals surface area (Å²) in [6.45, 7) is 11.1. The first-order valence-electron chi connectivity index (χ1n) is 16.5. The molecule has 0 aliphatic carbocycles. The van der Waals surface area contributed by atoms with Crippen LogP contribution in [0.25, 0.3) is 44.2 Å². The lowest BCUT2D eigenvalue weighted by atomic mass is 9.87. The second-order valence-corrected chi connectivity index (χ2v) is 11.2. The molecule has 0 saturated carbocycles. The SMILES string of the molecule is C=CC(=O)OCCOc1ccc(-c2cc(OCCOC(=O)C=C)ccc2-c2cc3ccccc3cc2-c2ccc(OCCOC(=O)C=C)cc2)cc1. The lowest BCUT2D eigenvalue weighted by Crippen LogP contribution is -2.10. The molecule has 9 heteroatoms. The molecular weight excluding hydrogens is 660 g/mol. The molecule has 0 unspecified atom stereocenters. The molecule has 0 atom stereocenters. The minimum Gasteiger partial charge on any atom is -0.490 e. The van der Waals surface area contributed by atoms with Crippen molar-refractivity contribution in [2.45, 2.75) is 0 Å². The van der Waals surface area contributed by atoms with Crippen molar-refractivity contribution >= 4 is 28.7 Å². The maximum atomic E-state index is 11.5. The van der Waals surface area contributed by atoms with Crippen molar-refractivity contribution in [3.63, 3.8) is 0 Å². The third kappa shape index (κ3) is 9.98. The lowest BCUT2D eigenvalue weighted by molar-refractivity contribution is -0.139. The number of rotatable bonds is 18. The molecule has 5 aromatic carbocycles. The molecule has 0 amide bonds. The second kappa shape index (κ2) is 18.4. The van der Waals surface area contributed by atoms with E-state index in [0.29, 0.717) is 17.2 Å². The fraction of sp³-hybridized carbons (Fsp3) is 0.140. The molecule has 0 saturated heterocycles. The van der Waals surface area contributed by atoms with Gasteiger partial charge in [0.05, 0.1) is 0 Å². The standard InChI is InChI=1S/C43H38O9/c1-4-41(44)50-24-21-47-34-15-11-30(12-16-34)38-27-32-9-7-8-10-33(32)28-40(38)37-20-19-36(49-23-26-52-43(46)6-3)29-39(37)31-13-17-35(18-14-31)48-22-25-51-42(45)5-2/h4-20,27-29H,1-3,21-26H2. The molecule has 264 valence electrons. The summed E-state index contributed by atoms with van der Waals surface area (Å²) in [6, 6.07) is 33.8. The van der Waals surface area contributed by atoms with Crippen molar-refractivity contribution in [3.8, 4) is 50.6 Å². The van der Waals surface area contributed by atoms with Gasteiger partial charge in [-0.05, 0) is 92.7 Å². The first-order chi connectivity index (χ1) is 25.4. The predicted octanol–water partition coefficient (Wildman–Crippen LogP) is 8.16. The second-order valence-electron chi connectivity index (χ2n) is 11.2. The maximum absolute atomic E-state index is 11.5. The van der Waals surface area contributed by atoms with Gasteiger partial charge in [0.1, 0.15) is 56.9 Å². The summed E-state index contributed by atoms with van der Waals surface area (Å²) in [6.07, 6.45) is 3.33. The fourth-order valence-electron chi connectivity index (χ4n) is 5.33. The average molecular weight is 699 g/mol. The summed E-state index contributed by atoms with van der Waals surface area (Å²) in [5, 5.41) is 2.16. The van der Waals surface area contributed by atoms with Crippen LogP contribution in [0.3, 0.4) is 0 Å². The Morgan fingerprint density at radius 2 is 0.808 bits per heavy atom. The Labute approximate surface area is 302 Å². The molecule has 5 rings (SSSR count). The van der Waals surface area contributed by atoms with Gasteiger partial charge < -0.3 is 28.4 Å². The van der Waals surface area contributed by atoms with Gasteiger partial charge >= 0.3 is 17.9 Å². The highest BCUT2D eigenvalue weighted by atomic mass is 16.6. The minimum atomic E-state index is -0.515. The first-order valence-corrected chi connectivity index (χ1v) is 16.5. The summed E-state index contributed by atoms with van der Waals surface area (Å²) in [7, 11) is 0. The molecule has 0 spiro atoms. The first kappa shape index (κ1) is 36.7. The monoisotopic (exact) mass is 698 g/mol. The molecule has 0 aliphatic rings. The number of fused-ring (bicyclic) bond motifs is 1. The molecule has 0 radical (unpaired) electrons. The zero-order valence-electron chi connectivity index (χ0n) is 28.6. The summed E-state index contributed by atoms with van der Waals surface area (Å²) >= 11 is 0. The van der Waals surface area contributed by atoms with E-state index < -0.39 is 17.9 Å². The lowest BCUT2D eigenvalue weighted by Gasteiger charge is -2.18. The average Bonchev–Trinajstić information content (AvgIpc) is 3.19. The number of carbonyl (C=O) groups is 3. The van der Waals surface area contributed by atoms with Gasteiger partial charge in [0.15, 0.2) is 0 Å². The van der Waals surface area contributed by atoms with Crippen LogP contribution in [-0.2, 0) is 28.6 Å². The molecule has 0 bridgehead atoms. The largest absolute Gasteiger partial charge is 0.490 e. The van der Waals surface area contributed by atoms with Gasteiger partial charge in [-0.2, -0.15) is 0 Å². The minimum absolute atomic E-state index is 0.0740. The molecule has 0 aromatic heterocycles. The van der Waals surface area contributed by atoms with Crippen LogP contribution in [0.15, 0.2) is 141 Å². The Morgan fingerprint density at radius 1 is 0.423 bits per heavy atom. The zero-order valence-corrected chi connectivity index (χ0v) is 28.6. The summed E-state index contributed by atoms with van der Waals surface area (Å²) in [4.78, 5) is 34.2. The third-order valence-corrected chi connectivity index (χ3v) is 7.79. The van der Waals surface area contributed by atoms with Crippen molar-refractivity contribution in [3.05, 3.63) is 141 Å². The fourth-order valence-corrected chi connectivity index (χ4v) is 5.33. The highest BCUT2D eigenvalue weighted by Crippen LogP contribution is 2.42. The van der Waals surface area contributed by atoms with Crippen LogP contribution in [0, 0.1) is 0 Å². The third-order valence-electron chi connectivity index (χ3n) is 7.79. The Morgan fingerprint density at radius 3 is 1.25 bits per heavy atom. The van der Waals surface area contributed by atoms with E-state index in [4.69, 9.17) is 28.4 Å². The van der Waals surface area contributed by atoms with Crippen molar-refractivity contribution in [2.24, 2.45) is 0 Å². The molecule has 0 heterocycles. The van der Waals surface area contributed by atoms with Crippen LogP contribution >= 0.6 is 0 Å². The predicted molar refractivity (Wildman–Crippen MR) is 200 cm³/mol. The van der Waals surface area contributed by atoms with Crippen LogP contribution in [0.2, 0.25) is 0 Å². The molecule has 0 aliphatic heterocycles. The van der Waals surface area contributed by atoms with Crippen molar-refractivity contribution in [2.75, 3.05) is 39.6 Å². The zero-order chi connectivity index (χ0) is 36.7. The summed E-state index contributed by atoms with van der Waals surface area (Å²) < 4.78 is 32.7. The van der Waals surface area contributed by atoms with Crippen LogP contribution in [-0.4, -0.2) is 57.5 Å². The van der Waals surface area contributed by atoms with Gasteiger partial charge in [-0.15, -0.1) is 0 Å². The van der Waals surface area contributed by atoms with E-state index in [1.807, 2.05) is 78.9 Å². The molecule has 9 nitrogen and oxygen atoms in total. The van der Waals surface area contributed by atoms with Gasteiger partial charge in [0.2, 0.25) is 0 Å². The quantitative estimate of drug-likeness (QED) is 0.0388. The van der Waals surface area contributed by atoms with Gasteiger partial charge in [-0.25, -0.2) is 14.4 Å². The Hall–Kier alpha value is -6.61. The molecule has 52 heavy (non-hydrogen) atoms. The Balaban J connectivity index is 1.49. The number of esters is 3. The van der Waals surface area contributed by atoms with Crippen LogP contribution in [0.1, 0.15) is 0 Å². The highest BCUT2D eigenvalue weighted by molar-refractivity contribution is 6.00. The van der Waals surface area contributed by atoms with Crippen molar-refractivity contribution in [1.29, 1.82) is 0 Å². The Kier molecular flexibility index (Phi) is 13.0. The van der Waals surface area contributed by atoms with Crippen LogP contribution in [0.4, 0.5) is 0 Å². The van der Waals surface area contributed by atoms with E-state index >= 15 is 0 Å². The summed E-state index contributed by atoms with van der Waals surface area (Å²) in [5.74, 6) is 0.336. The van der Waals surface area contributed by atoms with E-state index in [1.54, 1.807) is 0 Å². The Bertz CT molecular complexity index is 2050. The van der Waals surface area contributed by atoms with Gasteiger partial charge in [0, 0.05) is 18.2 Å². The number of hydrogen-bond donors (Lipinski definition) is 0. The van der Waals surface area contributed by atoms with Gasteiger partial charge in [0.25, 0.3) is 0 Å². The van der Waals surface area contributed by atoms with E-state index in [9.17, 15) is 14.4 Å². The number of carbonyl (C=O) groups excluding carboxylic acids is 3. The molecule has 5 aromatic rings. The highest BCUT2D eigenvalue weighted by Gasteiger charge is 2.16. The van der Waals surface area contributed by atoms with Crippen LogP contribution in [0.5, 0.6) is 17.2 Å². The molecule has 0 fully saturated rings. The van der Waals surface area contributed by atoms with Gasteiger partial charge in [-0.3, -0.25) is 0 Å². The topological polar surface area (TPSA) is 107 Å².